The lowest BCUT2D eigenvalue weighted by Gasteiger charge is -2.29. The second-order valence-corrected chi connectivity index (χ2v) is 7.72. The van der Waals surface area contributed by atoms with E-state index in [1.807, 2.05) is 0 Å². The van der Waals surface area contributed by atoms with Crippen LogP contribution >= 0.6 is 0 Å². The Morgan fingerprint density at radius 1 is 1.03 bits per heavy atom. The highest BCUT2D eigenvalue weighted by Crippen LogP contribution is 2.36. The van der Waals surface area contributed by atoms with Gasteiger partial charge in [-0.25, -0.2) is 9.59 Å². The Balaban J connectivity index is 5.41. The number of esters is 1. The molecule has 1 amide bonds. The average Bonchev–Trinajstić information content (AvgIpc) is 2.45. The predicted octanol–water partition coefficient (Wildman–Crippen LogP) is 3.88. The molecule has 0 aromatic carbocycles. The van der Waals surface area contributed by atoms with E-state index in [0.717, 1.165) is 0 Å². The van der Waals surface area contributed by atoms with E-state index < -0.39 is 53.8 Å². The van der Waals surface area contributed by atoms with Crippen molar-refractivity contribution in [1.82, 2.24) is 5.32 Å². The zero-order valence-electron chi connectivity index (χ0n) is 16.6. The van der Waals surface area contributed by atoms with Gasteiger partial charge >= 0.3 is 24.4 Å². The Bertz CT molecular complexity index is 581. The molecule has 0 aromatic rings. The summed E-state index contributed by atoms with van der Waals surface area (Å²) in [6, 6.07) is -1.28. The van der Waals surface area contributed by atoms with E-state index in [2.05, 4.69) is 16.6 Å². The van der Waals surface area contributed by atoms with Gasteiger partial charge in [0, 0.05) is 0 Å². The summed E-state index contributed by atoms with van der Waals surface area (Å²) in [5.41, 5.74) is -2.00. The average molecular weight is 437 g/mol. The molecule has 0 aromatic heterocycles. The number of alkyl halides is 6. The summed E-state index contributed by atoms with van der Waals surface area (Å²) < 4.78 is 83.7. The number of hydrogen-bond acceptors (Lipinski definition) is 5. The van der Waals surface area contributed by atoms with Crippen LogP contribution in [-0.2, 0) is 14.3 Å². The molecule has 2 atom stereocenters. The lowest BCUT2D eigenvalue weighted by atomic mass is 9.95. The number of hydrogen-bond donors (Lipinski definition) is 2. The highest BCUT2D eigenvalue weighted by Gasteiger charge is 2.60. The van der Waals surface area contributed by atoms with Crippen molar-refractivity contribution < 1.29 is 50.5 Å². The molecule has 0 aliphatic rings. The largest absolute Gasteiger partial charge is 0.444 e. The van der Waals surface area contributed by atoms with Crippen LogP contribution in [0.15, 0.2) is 12.2 Å². The molecule has 6 nitrogen and oxygen atoms in total. The maximum atomic E-state index is 12.5. The van der Waals surface area contributed by atoms with Crippen LogP contribution in [0.3, 0.4) is 0 Å². The van der Waals surface area contributed by atoms with Crippen LogP contribution in [0.5, 0.6) is 0 Å². The lowest BCUT2D eigenvalue weighted by Crippen LogP contribution is -2.49. The van der Waals surface area contributed by atoms with Crippen molar-refractivity contribution in [3.05, 3.63) is 12.2 Å². The van der Waals surface area contributed by atoms with E-state index in [4.69, 9.17) is 4.74 Å². The van der Waals surface area contributed by atoms with Gasteiger partial charge in [0.25, 0.3) is 6.10 Å². The zero-order valence-corrected chi connectivity index (χ0v) is 16.6. The molecular formula is C17H25F6NO5. The summed E-state index contributed by atoms with van der Waals surface area (Å²) in [4.78, 5) is 23.7. The molecule has 0 aliphatic heterocycles. The van der Waals surface area contributed by atoms with Gasteiger partial charge in [-0.3, -0.25) is 0 Å². The number of carbonyl (C=O) groups is 2. The van der Waals surface area contributed by atoms with Gasteiger partial charge in [0.2, 0.25) is 0 Å². The Morgan fingerprint density at radius 2 is 1.48 bits per heavy atom. The van der Waals surface area contributed by atoms with Crippen LogP contribution in [0, 0.1) is 5.92 Å². The number of aliphatic hydroxyl groups excluding tert-OH is 1. The quantitative estimate of drug-likeness (QED) is 0.359. The molecule has 0 spiro atoms. The third-order valence-electron chi connectivity index (χ3n) is 3.25. The second kappa shape index (κ2) is 9.68. The van der Waals surface area contributed by atoms with Crippen molar-refractivity contribution >= 4 is 12.1 Å². The van der Waals surface area contributed by atoms with E-state index in [0.29, 0.717) is 0 Å². The molecule has 0 fully saturated rings. The maximum Gasteiger partial charge on any atom is 0.434 e. The molecule has 0 unspecified atom stereocenters. The van der Waals surface area contributed by atoms with Crippen LogP contribution in [0.25, 0.3) is 0 Å². The first-order valence-corrected chi connectivity index (χ1v) is 8.46. The number of halogens is 6. The summed E-state index contributed by atoms with van der Waals surface area (Å²) in [5.74, 6) is -2.29. The first-order valence-electron chi connectivity index (χ1n) is 8.46. The van der Waals surface area contributed by atoms with Crippen LogP contribution in [0.2, 0.25) is 0 Å². The van der Waals surface area contributed by atoms with Crippen molar-refractivity contribution in [2.75, 3.05) is 0 Å². The minimum atomic E-state index is -5.91. The molecule has 2 N–H and O–H groups in total. The molecule has 0 saturated heterocycles. The number of ether oxygens (including phenoxy) is 2. The van der Waals surface area contributed by atoms with Crippen molar-refractivity contribution in [3.63, 3.8) is 0 Å². The predicted molar refractivity (Wildman–Crippen MR) is 89.7 cm³/mol. The number of nitrogens with one attached hydrogen (secondary N) is 1. The molecule has 0 bridgehead atoms. The van der Waals surface area contributed by atoms with Crippen LogP contribution < -0.4 is 5.32 Å². The van der Waals surface area contributed by atoms with Gasteiger partial charge in [-0.1, -0.05) is 20.4 Å². The van der Waals surface area contributed by atoms with Gasteiger partial charge in [-0.05, 0) is 33.1 Å². The smallest absolute Gasteiger partial charge is 0.434 e. The van der Waals surface area contributed by atoms with Crippen LogP contribution in [-0.4, -0.2) is 53.4 Å². The van der Waals surface area contributed by atoms with Crippen molar-refractivity contribution in [3.8, 4) is 0 Å². The Morgan fingerprint density at radius 3 is 1.83 bits per heavy atom. The van der Waals surface area contributed by atoms with Crippen molar-refractivity contribution in [1.29, 1.82) is 0 Å². The van der Waals surface area contributed by atoms with E-state index >= 15 is 0 Å². The maximum absolute atomic E-state index is 12.5. The molecule has 0 saturated carbocycles. The van der Waals surface area contributed by atoms with Gasteiger partial charge < -0.3 is 19.9 Å². The van der Waals surface area contributed by atoms with Gasteiger partial charge in [0.05, 0.1) is 11.6 Å². The minimum absolute atomic E-state index is 0.00861. The number of aliphatic hydroxyl groups is 1. The van der Waals surface area contributed by atoms with Crippen LogP contribution in [0.4, 0.5) is 31.1 Å². The fourth-order valence-corrected chi connectivity index (χ4v) is 2.10. The number of carbonyl (C=O) groups excluding carboxylic acids is 2. The summed E-state index contributed by atoms with van der Waals surface area (Å²) >= 11 is 0. The van der Waals surface area contributed by atoms with Crippen LogP contribution in [0.1, 0.15) is 41.0 Å². The van der Waals surface area contributed by atoms with Gasteiger partial charge in [0.1, 0.15) is 11.7 Å². The minimum Gasteiger partial charge on any atom is -0.444 e. The van der Waals surface area contributed by atoms with E-state index in [1.165, 1.54) is 0 Å². The Kier molecular flexibility index (Phi) is 9.02. The molecule has 0 rings (SSSR count). The summed E-state index contributed by atoms with van der Waals surface area (Å²) in [5, 5.41) is 12.5. The first kappa shape index (κ1) is 27.0. The molecular weight excluding hydrogens is 412 g/mol. The Hall–Kier alpha value is -1.98. The normalized spacial score (nSPS) is 15.1. The number of alkyl carbamates (subject to hydrolysis) is 1. The molecule has 12 heteroatoms. The number of rotatable bonds is 7. The monoisotopic (exact) mass is 437 g/mol. The molecule has 170 valence electrons. The highest BCUT2D eigenvalue weighted by molar-refractivity contribution is 5.89. The second-order valence-electron chi connectivity index (χ2n) is 7.72. The summed E-state index contributed by atoms with van der Waals surface area (Å²) in [6.45, 7) is 11.0. The summed E-state index contributed by atoms with van der Waals surface area (Å²) in [6.07, 6.45) is -19.2. The molecule has 0 radical (unpaired) electrons. The SMILES string of the molecule is C=C(C(=O)OC(C(F)(F)F)C(F)(F)F)[C@@H](O)[C@H](CC(C)C)NC(=O)OC(C)(C)C. The third kappa shape index (κ3) is 9.86. The van der Waals surface area contributed by atoms with E-state index in [9.17, 15) is 41.0 Å². The van der Waals surface area contributed by atoms with Crippen molar-refractivity contribution in [2.45, 2.75) is 77.2 Å². The first-order chi connectivity index (χ1) is 12.8. The molecule has 0 heterocycles. The van der Waals surface area contributed by atoms with E-state index in [1.54, 1.807) is 34.6 Å². The third-order valence-corrected chi connectivity index (χ3v) is 3.25. The lowest BCUT2D eigenvalue weighted by molar-refractivity contribution is -0.312. The van der Waals surface area contributed by atoms with Gasteiger partial charge in [-0.2, -0.15) is 26.3 Å². The zero-order chi connectivity index (χ0) is 23.4. The summed E-state index contributed by atoms with van der Waals surface area (Å²) in [7, 11) is 0. The molecule has 0 aliphatic carbocycles. The molecule has 29 heavy (non-hydrogen) atoms. The standard InChI is InChI=1S/C17H25F6NO5/c1-8(2)7-10(24-14(27)29-15(4,5)6)11(25)9(3)12(26)28-13(16(18,19)20)17(21,22)23/h8,10-11,13,25H,3,7H2,1-2,4-6H3,(H,24,27)/t10-,11+/m0/s1. The van der Waals surface area contributed by atoms with E-state index in [-0.39, 0.29) is 12.3 Å². The van der Waals surface area contributed by atoms with Crippen molar-refractivity contribution in [2.24, 2.45) is 5.92 Å². The fourth-order valence-electron chi connectivity index (χ4n) is 2.10. The topological polar surface area (TPSA) is 84.9 Å². The van der Waals surface area contributed by atoms with Gasteiger partial charge in [0.15, 0.2) is 0 Å². The number of amides is 1. The Labute approximate surface area is 164 Å². The highest BCUT2D eigenvalue weighted by atomic mass is 19.4. The fraction of sp³-hybridized carbons (Fsp3) is 0.765. The van der Waals surface area contributed by atoms with Gasteiger partial charge in [-0.15, -0.1) is 0 Å².